The fraction of sp³-hybridized carbons (Fsp3) is 0.267. The molecule has 0 aliphatic carbocycles. The minimum Gasteiger partial charge on any atom is -0.381 e. The van der Waals surface area contributed by atoms with E-state index in [1.807, 2.05) is 6.92 Å². The van der Waals surface area contributed by atoms with Gasteiger partial charge in [-0.3, -0.25) is 4.79 Å². The van der Waals surface area contributed by atoms with Gasteiger partial charge in [0.05, 0.1) is 17.9 Å². The maximum absolute atomic E-state index is 12.2. The molecule has 24 heavy (non-hydrogen) atoms. The summed E-state index contributed by atoms with van der Waals surface area (Å²) in [6.07, 6.45) is 3.11. The van der Waals surface area contributed by atoms with Crippen LogP contribution in [0.4, 0.5) is 11.6 Å². The Morgan fingerprint density at radius 3 is 2.46 bits per heavy atom. The molecule has 2 rings (SSSR count). The molecule has 0 saturated heterocycles. The SMILES string of the molecule is CCOCCC(=O)Nc1ccc(S(=O)(=O)Nc2ncccn2)cc1. The Morgan fingerprint density at radius 2 is 1.83 bits per heavy atom. The van der Waals surface area contributed by atoms with Gasteiger partial charge in [-0.25, -0.2) is 23.1 Å². The molecule has 0 spiro atoms. The van der Waals surface area contributed by atoms with Crippen LogP contribution in [-0.4, -0.2) is 37.5 Å². The lowest BCUT2D eigenvalue weighted by molar-refractivity contribution is -0.117. The standard InChI is InChI=1S/C15H18N4O4S/c1-2-23-11-8-14(20)18-12-4-6-13(7-5-12)24(21,22)19-15-16-9-3-10-17-15/h3-7,9-10H,2,8,11H2,1H3,(H,18,20)(H,16,17,19). The Morgan fingerprint density at radius 1 is 1.17 bits per heavy atom. The molecule has 0 atom stereocenters. The second kappa shape index (κ2) is 8.37. The number of ether oxygens (including phenoxy) is 1. The van der Waals surface area contributed by atoms with Crippen LogP contribution in [0.1, 0.15) is 13.3 Å². The number of hydrogen-bond acceptors (Lipinski definition) is 6. The zero-order chi connectivity index (χ0) is 17.4. The van der Waals surface area contributed by atoms with Crippen molar-refractivity contribution in [3.05, 3.63) is 42.7 Å². The molecule has 1 aromatic carbocycles. The molecule has 1 amide bonds. The molecule has 0 aliphatic heterocycles. The first-order valence-electron chi connectivity index (χ1n) is 7.29. The van der Waals surface area contributed by atoms with Crippen molar-refractivity contribution in [2.45, 2.75) is 18.2 Å². The molecular weight excluding hydrogens is 332 g/mol. The van der Waals surface area contributed by atoms with Gasteiger partial charge in [0, 0.05) is 24.7 Å². The highest BCUT2D eigenvalue weighted by Gasteiger charge is 2.15. The van der Waals surface area contributed by atoms with Gasteiger partial charge in [0.15, 0.2) is 0 Å². The molecule has 0 bridgehead atoms. The molecule has 1 heterocycles. The van der Waals surface area contributed by atoms with Gasteiger partial charge in [-0.1, -0.05) is 0 Å². The van der Waals surface area contributed by atoms with Crippen molar-refractivity contribution in [3.8, 4) is 0 Å². The summed E-state index contributed by atoms with van der Waals surface area (Å²) < 4.78 is 31.8. The summed E-state index contributed by atoms with van der Waals surface area (Å²) in [4.78, 5) is 19.3. The molecule has 0 saturated carbocycles. The second-order valence-electron chi connectivity index (χ2n) is 4.70. The van der Waals surface area contributed by atoms with Crippen molar-refractivity contribution < 1.29 is 17.9 Å². The van der Waals surface area contributed by atoms with Gasteiger partial charge in [-0.15, -0.1) is 0 Å². The van der Waals surface area contributed by atoms with Crippen molar-refractivity contribution in [1.29, 1.82) is 0 Å². The van der Waals surface area contributed by atoms with E-state index >= 15 is 0 Å². The normalized spacial score (nSPS) is 11.0. The van der Waals surface area contributed by atoms with E-state index < -0.39 is 10.0 Å². The number of amides is 1. The number of carbonyl (C=O) groups excluding carboxylic acids is 1. The predicted octanol–water partition coefficient (Wildman–Crippen LogP) is 1.64. The molecule has 0 aliphatic rings. The van der Waals surface area contributed by atoms with Crippen LogP contribution in [0.2, 0.25) is 0 Å². The monoisotopic (exact) mass is 350 g/mol. The van der Waals surface area contributed by atoms with Crippen LogP contribution in [0, 0.1) is 0 Å². The maximum Gasteiger partial charge on any atom is 0.264 e. The van der Waals surface area contributed by atoms with E-state index in [1.165, 1.54) is 36.7 Å². The number of nitrogens with one attached hydrogen (secondary N) is 2. The maximum atomic E-state index is 12.2. The zero-order valence-corrected chi connectivity index (χ0v) is 13.9. The molecule has 9 heteroatoms. The predicted molar refractivity (Wildman–Crippen MR) is 89.0 cm³/mol. The number of nitrogens with zero attached hydrogens (tertiary/aromatic N) is 2. The average molecular weight is 350 g/mol. The van der Waals surface area contributed by atoms with Crippen molar-refractivity contribution >= 4 is 27.6 Å². The van der Waals surface area contributed by atoms with E-state index in [4.69, 9.17) is 4.74 Å². The fourth-order valence-corrected chi connectivity index (χ4v) is 2.74. The van der Waals surface area contributed by atoms with Gasteiger partial charge >= 0.3 is 0 Å². The van der Waals surface area contributed by atoms with Crippen LogP contribution in [-0.2, 0) is 19.6 Å². The van der Waals surface area contributed by atoms with E-state index in [1.54, 1.807) is 6.07 Å². The summed E-state index contributed by atoms with van der Waals surface area (Å²) >= 11 is 0. The number of rotatable bonds is 8. The molecular formula is C15H18N4O4S. The Labute approximate surface area is 140 Å². The molecule has 0 fully saturated rings. The topological polar surface area (TPSA) is 110 Å². The van der Waals surface area contributed by atoms with Crippen LogP contribution >= 0.6 is 0 Å². The lowest BCUT2D eigenvalue weighted by Crippen LogP contribution is -2.16. The van der Waals surface area contributed by atoms with E-state index in [2.05, 4.69) is 20.0 Å². The van der Waals surface area contributed by atoms with Crippen molar-refractivity contribution in [2.24, 2.45) is 0 Å². The summed E-state index contributed by atoms with van der Waals surface area (Å²) in [5, 5.41) is 2.67. The molecule has 8 nitrogen and oxygen atoms in total. The van der Waals surface area contributed by atoms with Crippen molar-refractivity contribution in [1.82, 2.24) is 9.97 Å². The second-order valence-corrected chi connectivity index (χ2v) is 6.38. The highest BCUT2D eigenvalue weighted by atomic mass is 32.2. The number of anilines is 2. The summed E-state index contributed by atoms with van der Waals surface area (Å²) in [5.41, 5.74) is 0.506. The number of aromatic nitrogens is 2. The molecule has 0 radical (unpaired) electrons. The highest BCUT2D eigenvalue weighted by molar-refractivity contribution is 7.92. The Kier molecular flexibility index (Phi) is 6.21. The molecule has 1 aromatic heterocycles. The molecule has 2 N–H and O–H groups in total. The van der Waals surface area contributed by atoms with E-state index in [9.17, 15) is 13.2 Å². The van der Waals surface area contributed by atoms with Crippen LogP contribution < -0.4 is 10.0 Å². The number of carbonyl (C=O) groups is 1. The first-order chi connectivity index (χ1) is 11.5. The van der Waals surface area contributed by atoms with E-state index in [-0.39, 0.29) is 23.2 Å². The fourth-order valence-electron chi connectivity index (χ4n) is 1.78. The van der Waals surface area contributed by atoms with Crippen molar-refractivity contribution in [3.63, 3.8) is 0 Å². The van der Waals surface area contributed by atoms with Crippen LogP contribution in [0.3, 0.4) is 0 Å². The van der Waals surface area contributed by atoms with Gasteiger partial charge in [-0.05, 0) is 37.3 Å². The quantitative estimate of drug-likeness (QED) is 0.700. The van der Waals surface area contributed by atoms with Gasteiger partial charge < -0.3 is 10.1 Å². The largest absolute Gasteiger partial charge is 0.381 e. The number of hydrogen-bond donors (Lipinski definition) is 2. The third-order valence-corrected chi connectivity index (χ3v) is 4.26. The van der Waals surface area contributed by atoms with E-state index in [0.29, 0.717) is 18.9 Å². The highest BCUT2D eigenvalue weighted by Crippen LogP contribution is 2.16. The molecule has 128 valence electrons. The lowest BCUT2D eigenvalue weighted by atomic mass is 10.3. The van der Waals surface area contributed by atoms with Gasteiger partial charge in [0.1, 0.15) is 0 Å². The first-order valence-corrected chi connectivity index (χ1v) is 8.77. The Hall–Kier alpha value is -2.52. The summed E-state index contributed by atoms with van der Waals surface area (Å²) in [5.74, 6) is -0.208. The van der Waals surface area contributed by atoms with Crippen LogP contribution in [0.15, 0.2) is 47.6 Å². The minimum atomic E-state index is -3.78. The lowest BCUT2D eigenvalue weighted by Gasteiger charge is -2.08. The summed E-state index contributed by atoms with van der Waals surface area (Å²) in [6.45, 7) is 2.75. The van der Waals surface area contributed by atoms with Crippen molar-refractivity contribution in [2.75, 3.05) is 23.3 Å². The van der Waals surface area contributed by atoms with Gasteiger partial charge in [0.2, 0.25) is 11.9 Å². The average Bonchev–Trinajstić information content (AvgIpc) is 2.56. The third-order valence-electron chi connectivity index (χ3n) is 2.92. The third kappa shape index (κ3) is 5.28. The smallest absolute Gasteiger partial charge is 0.264 e. The Balaban J connectivity index is 1.99. The number of sulfonamides is 1. The first kappa shape index (κ1) is 17.8. The van der Waals surface area contributed by atoms with E-state index in [0.717, 1.165) is 0 Å². The zero-order valence-electron chi connectivity index (χ0n) is 13.1. The Bertz CT molecular complexity index is 764. The minimum absolute atomic E-state index is 0.00852. The number of benzene rings is 1. The molecule has 0 unspecified atom stereocenters. The van der Waals surface area contributed by atoms with Crippen LogP contribution in [0.25, 0.3) is 0 Å². The summed E-state index contributed by atoms with van der Waals surface area (Å²) in [7, 11) is -3.78. The van der Waals surface area contributed by atoms with Gasteiger partial charge in [-0.2, -0.15) is 0 Å². The van der Waals surface area contributed by atoms with Gasteiger partial charge in [0.25, 0.3) is 10.0 Å². The molecule has 2 aromatic rings. The summed E-state index contributed by atoms with van der Waals surface area (Å²) in [6, 6.07) is 7.39. The van der Waals surface area contributed by atoms with Crippen LogP contribution in [0.5, 0.6) is 0 Å².